The Balaban J connectivity index is 2.24. The summed E-state index contributed by atoms with van der Waals surface area (Å²) in [5.41, 5.74) is 1.33. The molecule has 2 rings (SSSR count). The molecule has 1 N–H and O–H groups in total. The van der Waals surface area contributed by atoms with Crippen LogP contribution in [0.5, 0.6) is 0 Å². The van der Waals surface area contributed by atoms with Crippen molar-refractivity contribution in [2.45, 2.75) is 45.3 Å². The smallest absolute Gasteiger partial charge is 0.334 e. The SMILES string of the molecule is C=C1C(=O)OC2C=C(C(O)CC(C)=O)C(C)CCC12. The van der Waals surface area contributed by atoms with E-state index in [1.54, 1.807) is 0 Å². The van der Waals surface area contributed by atoms with E-state index in [4.69, 9.17) is 4.74 Å². The summed E-state index contributed by atoms with van der Waals surface area (Å²) in [4.78, 5) is 22.7. The third-order valence-corrected chi connectivity index (χ3v) is 4.05. The molecule has 0 amide bonds. The van der Waals surface area contributed by atoms with Gasteiger partial charge in [-0.15, -0.1) is 0 Å². The molecule has 0 aromatic heterocycles. The van der Waals surface area contributed by atoms with Crippen LogP contribution in [-0.2, 0) is 14.3 Å². The van der Waals surface area contributed by atoms with Gasteiger partial charge in [-0.2, -0.15) is 0 Å². The van der Waals surface area contributed by atoms with Crippen molar-refractivity contribution in [2.24, 2.45) is 11.8 Å². The van der Waals surface area contributed by atoms with Gasteiger partial charge in [0, 0.05) is 17.9 Å². The van der Waals surface area contributed by atoms with E-state index in [2.05, 4.69) is 6.58 Å². The van der Waals surface area contributed by atoms with E-state index in [9.17, 15) is 14.7 Å². The number of aliphatic hydroxyl groups is 1. The average Bonchev–Trinajstić information content (AvgIpc) is 2.48. The van der Waals surface area contributed by atoms with Gasteiger partial charge in [-0.3, -0.25) is 4.79 Å². The van der Waals surface area contributed by atoms with Gasteiger partial charge in [0.15, 0.2) is 0 Å². The zero-order valence-corrected chi connectivity index (χ0v) is 11.4. The number of esters is 1. The summed E-state index contributed by atoms with van der Waals surface area (Å²) in [6, 6.07) is 0. The molecule has 1 heterocycles. The number of ether oxygens (including phenoxy) is 1. The highest BCUT2D eigenvalue weighted by Gasteiger charge is 2.40. The Hall–Kier alpha value is -1.42. The number of Topliss-reactive ketones (excluding diaryl/α,β-unsaturated/α-hetero) is 1. The fraction of sp³-hybridized carbons (Fsp3) is 0.600. The van der Waals surface area contributed by atoms with Crippen molar-refractivity contribution in [2.75, 3.05) is 0 Å². The summed E-state index contributed by atoms with van der Waals surface area (Å²) in [5.74, 6) is -0.195. The monoisotopic (exact) mass is 264 g/mol. The predicted octanol–water partition coefficient (Wildman–Crippen LogP) is 1.78. The number of ketones is 1. The second-order valence-electron chi connectivity index (χ2n) is 5.57. The first-order chi connectivity index (χ1) is 8.90. The van der Waals surface area contributed by atoms with E-state index in [1.807, 2.05) is 13.0 Å². The number of hydrogen-bond donors (Lipinski definition) is 1. The molecular formula is C15H20O4. The molecule has 4 nitrogen and oxygen atoms in total. The molecule has 104 valence electrons. The molecule has 0 saturated carbocycles. The van der Waals surface area contributed by atoms with E-state index >= 15 is 0 Å². The maximum absolute atomic E-state index is 11.5. The first-order valence-corrected chi connectivity index (χ1v) is 6.69. The highest BCUT2D eigenvalue weighted by molar-refractivity contribution is 5.91. The molecule has 4 heteroatoms. The molecule has 19 heavy (non-hydrogen) atoms. The molecule has 0 aromatic carbocycles. The number of rotatable bonds is 3. The molecule has 1 aliphatic heterocycles. The Morgan fingerprint density at radius 1 is 1.58 bits per heavy atom. The average molecular weight is 264 g/mol. The quantitative estimate of drug-likeness (QED) is 0.479. The minimum atomic E-state index is -0.779. The standard InChI is InChI=1S/C15H20O4/c1-8-4-5-11-10(3)15(18)19-14(11)7-12(8)13(17)6-9(2)16/h7-8,11,13-14,17H,3-6H2,1-2H3. The third-order valence-electron chi connectivity index (χ3n) is 4.05. The number of fused-ring (bicyclic) bond motifs is 1. The molecule has 4 atom stereocenters. The van der Waals surface area contributed by atoms with E-state index in [-0.39, 0.29) is 36.1 Å². The van der Waals surface area contributed by atoms with Crippen LogP contribution in [0, 0.1) is 11.8 Å². The molecule has 0 aromatic rings. The molecule has 4 unspecified atom stereocenters. The lowest BCUT2D eigenvalue weighted by Gasteiger charge is -2.19. The van der Waals surface area contributed by atoms with Crippen molar-refractivity contribution in [3.8, 4) is 0 Å². The van der Waals surface area contributed by atoms with E-state index < -0.39 is 6.10 Å². The summed E-state index contributed by atoms with van der Waals surface area (Å²) in [5, 5.41) is 10.1. The predicted molar refractivity (Wildman–Crippen MR) is 70.3 cm³/mol. The summed E-state index contributed by atoms with van der Waals surface area (Å²) < 4.78 is 5.28. The summed E-state index contributed by atoms with van der Waals surface area (Å²) in [6.45, 7) is 7.28. The molecule has 1 aliphatic carbocycles. The molecule has 1 fully saturated rings. The summed E-state index contributed by atoms with van der Waals surface area (Å²) >= 11 is 0. The highest BCUT2D eigenvalue weighted by Crippen LogP contribution is 2.38. The lowest BCUT2D eigenvalue weighted by molar-refractivity contribution is -0.137. The van der Waals surface area contributed by atoms with Crippen LogP contribution in [0.3, 0.4) is 0 Å². The fourth-order valence-electron chi connectivity index (χ4n) is 2.90. The molecule has 0 spiro atoms. The van der Waals surface area contributed by atoms with Crippen molar-refractivity contribution < 1.29 is 19.4 Å². The number of carbonyl (C=O) groups is 2. The number of hydrogen-bond acceptors (Lipinski definition) is 4. The maximum atomic E-state index is 11.5. The topological polar surface area (TPSA) is 63.6 Å². The van der Waals surface area contributed by atoms with Crippen molar-refractivity contribution in [1.29, 1.82) is 0 Å². The van der Waals surface area contributed by atoms with Crippen LogP contribution in [-0.4, -0.2) is 29.1 Å². The van der Waals surface area contributed by atoms with Crippen LogP contribution in [0.4, 0.5) is 0 Å². The second-order valence-corrected chi connectivity index (χ2v) is 5.57. The van der Waals surface area contributed by atoms with E-state index in [0.29, 0.717) is 5.57 Å². The van der Waals surface area contributed by atoms with Crippen molar-refractivity contribution in [1.82, 2.24) is 0 Å². The minimum Gasteiger partial charge on any atom is -0.454 e. The largest absolute Gasteiger partial charge is 0.454 e. The molecule has 2 aliphatic rings. The van der Waals surface area contributed by atoms with E-state index in [0.717, 1.165) is 18.4 Å². The van der Waals surface area contributed by atoms with Crippen LogP contribution >= 0.6 is 0 Å². The lowest BCUT2D eigenvalue weighted by atomic mass is 9.90. The Morgan fingerprint density at radius 2 is 2.26 bits per heavy atom. The number of carbonyl (C=O) groups excluding carboxylic acids is 2. The van der Waals surface area contributed by atoms with Crippen molar-refractivity contribution in [3.63, 3.8) is 0 Å². The van der Waals surface area contributed by atoms with Gasteiger partial charge >= 0.3 is 5.97 Å². The molecule has 0 radical (unpaired) electrons. The van der Waals surface area contributed by atoms with Gasteiger partial charge in [-0.1, -0.05) is 13.5 Å². The molecular weight excluding hydrogens is 244 g/mol. The van der Waals surface area contributed by atoms with Crippen LogP contribution in [0.25, 0.3) is 0 Å². The normalized spacial score (nSPS) is 32.2. The van der Waals surface area contributed by atoms with E-state index in [1.165, 1.54) is 6.92 Å². The van der Waals surface area contributed by atoms with Crippen LogP contribution < -0.4 is 0 Å². The van der Waals surface area contributed by atoms with Gasteiger partial charge in [0.25, 0.3) is 0 Å². The van der Waals surface area contributed by atoms with Gasteiger partial charge < -0.3 is 9.84 Å². The molecule has 0 bridgehead atoms. The second kappa shape index (κ2) is 5.29. The highest BCUT2D eigenvalue weighted by atomic mass is 16.5. The van der Waals surface area contributed by atoms with Gasteiger partial charge in [-0.25, -0.2) is 4.79 Å². The first kappa shape index (κ1) is 14.0. The van der Waals surface area contributed by atoms with Gasteiger partial charge in [0.05, 0.1) is 6.10 Å². The van der Waals surface area contributed by atoms with Crippen molar-refractivity contribution >= 4 is 11.8 Å². The first-order valence-electron chi connectivity index (χ1n) is 6.69. The summed E-state index contributed by atoms with van der Waals surface area (Å²) in [7, 11) is 0. The van der Waals surface area contributed by atoms with Crippen molar-refractivity contribution in [3.05, 3.63) is 23.8 Å². The van der Waals surface area contributed by atoms with Crippen LogP contribution in [0.1, 0.15) is 33.1 Å². The number of aliphatic hydroxyl groups excluding tert-OH is 1. The minimum absolute atomic E-state index is 0.0111. The zero-order chi connectivity index (χ0) is 14.2. The molecule has 1 saturated heterocycles. The summed E-state index contributed by atoms with van der Waals surface area (Å²) in [6.07, 6.45) is 2.51. The van der Waals surface area contributed by atoms with Gasteiger partial charge in [0.1, 0.15) is 11.9 Å². The Kier molecular flexibility index (Phi) is 3.90. The fourth-order valence-corrected chi connectivity index (χ4v) is 2.90. The maximum Gasteiger partial charge on any atom is 0.334 e. The zero-order valence-electron chi connectivity index (χ0n) is 11.4. The van der Waals surface area contributed by atoms with Crippen LogP contribution in [0.15, 0.2) is 23.8 Å². The lowest BCUT2D eigenvalue weighted by Crippen LogP contribution is -2.20. The Bertz CT molecular complexity index is 449. The Labute approximate surface area is 113 Å². The van der Waals surface area contributed by atoms with Gasteiger partial charge in [-0.05, 0) is 37.3 Å². The third kappa shape index (κ3) is 2.78. The van der Waals surface area contributed by atoms with Crippen LogP contribution in [0.2, 0.25) is 0 Å². The Morgan fingerprint density at radius 3 is 2.89 bits per heavy atom. The van der Waals surface area contributed by atoms with Gasteiger partial charge in [0.2, 0.25) is 0 Å².